The Morgan fingerprint density at radius 3 is 2.19 bits per heavy atom. The average molecular weight is 460 g/mol. The quantitative estimate of drug-likeness (QED) is 0.376. The van der Waals surface area contributed by atoms with E-state index in [1.807, 2.05) is 0 Å². The molecule has 0 amide bonds. The molecule has 2 heterocycles. The lowest BCUT2D eigenvalue weighted by Crippen LogP contribution is -1.98. The third-order valence-electron chi connectivity index (χ3n) is 2.07. The topological polar surface area (TPSA) is 121 Å². The Bertz CT molecular complexity index is 666. The number of nitrogen functional groups attached to an aromatic ring is 2. The predicted octanol–water partition coefficient (Wildman–Crippen LogP) is 4.07. The summed E-state index contributed by atoms with van der Waals surface area (Å²) in [6.45, 7) is 0. The number of pyridine rings is 2. The van der Waals surface area contributed by atoms with Gasteiger partial charge in [-0.2, -0.15) is 0 Å². The highest BCUT2D eigenvalue weighted by molar-refractivity contribution is 9.11. The zero-order valence-electron chi connectivity index (χ0n) is 10.1. The van der Waals surface area contributed by atoms with Gasteiger partial charge >= 0.3 is 5.69 Å². The first-order valence-corrected chi connectivity index (χ1v) is 7.39. The van der Waals surface area contributed by atoms with Crippen LogP contribution in [0.1, 0.15) is 0 Å². The highest BCUT2D eigenvalue weighted by atomic mass is 79.9. The van der Waals surface area contributed by atoms with Gasteiger partial charge in [-0.3, -0.25) is 10.1 Å². The van der Waals surface area contributed by atoms with Gasteiger partial charge in [-0.1, -0.05) is 23.2 Å². The maximum Gasteiger partial charge on any atom is 0.311 e. The Labute approximate surface area is 146 Å². The molecule has 0 aliphatic carbocycles. The van der Waals surface area contributed by atoms with E-state index in [4.69, 9.17) is 34.7 Å². The fourth-order valence-corrected chi connectivity index (χ4v) is 1.90. The van der Waals surface area contributed by atoms with Gasteiger partial charge in [0.05, 0.1) is 19.6 Å². The second-order valence-corrected chi connectivity index (χ2v) is 5.73. The van der Waals surface area contributed by atoms with Crippen LogP contribution in [0.3, 0.4) is 0 Å². The number of rotatable bonds is 1. The maximum absolute atomic E-state index is 10.3. The molecule has 2 aromatic heterocycles. The standard InChI is InChI=1S/C5H3BrClN3O2.C5H4BrClN2/c6-3-4(8)2(10(11)12)1-9-5(3)7;6-4-3(8)1-2-9-5(4)7/h1H,(H2,8,9);1-2H,(H2,8,9). The molecule has 112 valence electrons. The van der Waals surface area contributed by atoms with Crippen LogP contribution in [0, 0.1) is 10.1 Å². The van der Waals surface area contributed by atoms with E-state index < -0.39 is 4.92 Å². The molecule has 0 aliphatic rings. The number of hydrogen-bond donors (Lipinski definition) is 2. The van der Waals surface area contributed by atoms with Crippen molar-refractivity contribution in [1.29, 1.82) is 0 Å². The lowest BCUT2D eigenvalue weighted by atomic mass is 10.4. The van der Waals surface area contributed by atoms with Crippen molar-refractivity contribution >= 4 is 72.1 Å². The number of halogens is 4. The summed E-state index contributed by atoms with van der Waals surface area (Å²) in [5.41, 5.74) is 11.2. The maximum atomic E-state index is 10.3. The largest absolute Gasteiger partial charge is 0.398 e. The first-order valence-electron chi connectivity index (χ1n) is 5.05. The van der Waals surface area contributed by atoms with Crippen LogP contribution in [-0.2, 0) is 0 Å². The summed E-state index contributed by atoms with van der Waals surface area (Å²) in [4.78, 5) is 17.0. The number of hydrogen-bond acceptors (Lipinski definition) is 6. The SMILES string of the molecule is Nc1c([N+](=O)[O-])cnc(Cl)c1Br.Nc1ccnc(Cl)c1Br. The van der Waals surface area contributed by atoms with Gasteiger partial charge < -0.3 is 11.5 Å². The molecular formula is C10H7Br2Cl2N5O2. The van der Waals surface area contributed by atoms with Crippen molar-refractivity contribution in [2.45, 2.75) is 0 Å². The van der Waals surface area contributed by atoms with Crippen LogP contribution < -0.4 is 11.5 Å². The molecule has 2 aromatic rings. The van der Waals surface area contributed by atoms with Crippen molar-refractivity contribution in [3.8, 4) is 0 Å². The number of nitrogens with zero attached hydrogens (tertiary/aromatic N) is 3. The van der Waals surface area contributed by atoms with Gasteiger partial charge in [0.25, 0.3) is 0 Å². The van der Waals surface area contributed by atoms with Gasteiger partial charge in [0.1, 0.15) is 22.2 Å². The summed E-state index contributed by atoms with van der Waals surface area (Å²) in [7, 11) is 0. The molecular weight excluding hydrogens is 453 g/mol. The second-order valence-electron chi connectivity index (χ2n) is 3.42. The molecule has 0 unspecified atom stereocenters. The molecule has 11 heteroatoms. The molecule has 0 fully saturated rings. The van der Waals surface area contributed by atoms with E-state index in [9.17, 15) is 10.1 Å². The van der Waals surface area contributed by atoms with E-state index in [-0.39, 0.29) is 21.0 Å². The van der Waals surface area contributed by atoms with Gasteiger partial charge in [-0.15, -0.1) is 0 Å². The second kappa shape index (κ2) is 7.74. The molecule has 0 saturated heterocycles. The Kier molecular flexibility index (Phi) is 6.59. The van der Waals surface area contributed by atoms with Crippen LogP contribution in [-0.4, -0.2) is 14.9 Å². The normalized spacial score (nSPS) is 9.71. The Morgan fingerprint density at radius 2 is 1.71 bits per heavy atom. The fraction of sp³-hybridized carbons (Fsp3) is 0. The smallest absolute Gasteiger partial charge is 0.311 e. The summed E-state index contributed by atoms with van der Waals surface area (Å²) in [6.07, 6.45) is 2.57. The van der Waals surface area contributed by atoms with E-state index >= 15 is 0 Å². The average Bonchev–Trinajstić information content (AvgIpc) is 2.42. The molecule has 0 radical (unpaired) electrons. The van der Waals surface area contributed by atoms with Crippen LogP contribution in [0.5, 0.6) is 0 Å². The molecule has 0 bridgehead atoms. The van der Waals surface area contributed by atoms with E-state index in [1.165, 1.54) is 0 Å². The third-order valence-corrected chi connectivity index (χ3v) is 4.73. The van der Waals surface area contributed by atoms with Crippen molar-refractivity contribution < 1.29 is 4.92 Å². The van der Waals surface area contributed by atoms with Crippen LogP contribution >= 0.6 is 55.1 Å². The molecule has 0 spiro atoms. The number of anilines is 2. The number of nitrogens with two attached hydrogens (primary N) is 2. The highest BCUT2D eigenvalue weighted by Crippen LogP contribution is 2.33. The van der Waals surface area contributed by atoms with E-state index in [0.717, 1.165) is 6.20 Å². The van der Waals surface area contributed by atoms with E-state index in [0.29, 0.717) is 15.3 Å². The Hall–Kier alpha value is -1.16. The molecule has 0 aromatic carbocycles. The molecule has 21 heavy (non-hydrogen) atoms. The molecule has 0 saturated carbocycles. The third kappa shape index (κ3) is 4.67. The van der Waals surface area contributed by atoms with Gasteiger partial charge in [-0.25, -0.2) is 9.97 Å². The van der Waals surface area contributed by atoms with Gasteiger partial charge in [0, 0.05) is 6.20 Å². The summed E-state index contributed by atoms with van der Waals surface area (Å²) in [5, 5.41) is 10.8. The Morgan fingerprint density at radius 1 is 1.14 bits per heavy atom. The fourth-order valence-electron chi connectivity index (χ4n) is 1.05. The number of nitro groups is 1. The molecule has 0 aliphatic heterocycles. The number of aromatic nitrogens is 2. The Balaban J connectivity index is 0.000000219. The minimum absolute atomic E-state index is 0.0139. The predicted molar refractivity (Wildman–Crippen MR) is 89.4 cm³/mol. The minimum atomic E-state index is -0.622. The monoisotopic (exact) mass is 457 g/mol. The summed E-state index contributed by atoms with van der Waals surface area (Å²) in [6, 6.07) is 1.68. The summed E-state index contributed by atoms with van der Waals surface area (Å²) < 4.78 is 0.907. The minimum Gasteiger partial charge on any atom is -0.398 e. The first kappa shape index (κ1) is 17.9. The van der Waals surface area contributed by atoms with Crippen LogP contribution in [0.2, 0.25) is 10.3 Å². The van der Waals surface area contributed by atoms with Crippen molar-refractivity contribution in [2.75, 3.05) is 11.5 Å². The van der Waals surface area contributed by atoms with E-state index in [1.54, 1.807) is 12.3 Å². The molecule has 0 atom stereocenters. The van der Waals surface area contributed by atoms with Crippen LogP contribution in [0.4, 0.5) is 17.1 Å². The summed E-state index contributed by atoms with van der Waals surface area (Å²) >= 11 is 17.2. The van der Waals surface area contributed by atoms with Gasteiger partial charge in [-0.05, 0) is 37.9 Å². The van der Waals surface area contributed by atoms with Crippen LogP contribution in [0.15, 0.2) is 27.4 Å². The zero-order valence-corrected chi connectivity index (χ0v) is 14.7. The van der Waals surface area contributed by atoms with E-state index in [2.05, 4.69) is 41.8 Å². The van der Waals surface area contributed by atoms with Crippen molar-refractivity contribution in [3.63, 3.8) is 0 Å². The van der Waals surface area contributed by atoms with Crippen molar-refractivity contribution in [3.05, 3.63) is 47.8 Å². The van der Waals surface area contributed by atoms with Crippen molar-refractivity contribution in [2.24, 2.45) is 0 Å². The van der Waals surface area contributed by atoms with Gasteiger partial charge in [0.15, 0.2) is 0 Å². The molecule has 4 N–H and O–H groups in total. The van der Waals surface area contributed by atoms with Gasteiger partial charge in [0.2, 0.25) is 0 Å². The summed E-state index contributed by atoms with van der Waals surface area (Å²) in [5.74, 6) is 0. The first-order chi connectivity index (χ1) is 9.75. The lowest BCUT2D eigenvalue weighted by Gasteiger charge is -1.99. The molecule has 7 nitrogen and oxygen atoms in total. The molecule has 2 rings (SSSR count). The lowest BCUT2D eigenvalue weighted by molar-refractivity contribution is -0.384. The van der Waals surface area contributed by atoms with Crippen LogP contribution in [0.25, 0.3) is 0 Å². The van der Waals surface area contributed by atoms with Crippen molar-refractivity contribution in [1.82, 2.24) is 9.97 Å². The highest BCUT2D eigenvalue weighted by Gasteiger charge is 2.16. The zero-order chi connectivity index (χ0) is 16.2.